The monoisotopic (exact) mass is 387 g/mol. The van der Waals surface area contributed by atoms with Crippen molar-refractivity contribution in [3.8, 4) is 17.3 Å². The van der Waals surface area contributed by atoms with Crippen molar-refractivity contribution in [2.75, 3.05) is 0 Å². The van der Waals surface area contributed by atoms with Crippen molar-refractivity contribution in [2.24, 2.45) is 5.73 Å². The summed E-state index contributed by atoms with van der Waals surface area (Å²) in [6.07, 6.45) is 2.69. The zero-order valence-electron chi connectivity index (χ0n) is 12.4. The number of nitrogens with two attached hydrogens (primary N) is 1. The zero-order chi connectivity index (χ0) is 17.7. The molecule has 0 aliphatic carbocycles. The Hall–Kier alpha value is -2.92. The molecule has 0 radical (unpaired) electrons. The number of hydrogen-bond donors (Lipinski definition) is 1. The predicted molar refractivity (Wildman–Crippen MR) is 87.8 cm³/mol. The van der Waals surface area contributed by atoms with Gasteiger partial charge in [0, 0.05) is 40.7 Å². The summed E-state index contributed by atoms with van der Waals surface area (Å²) < 4.78 is 2.31. The number of primary amides is 1. The Morgan fingerprint density at radius 1 is 1.38 bits per heavy atom. The Balaban J connectivity index is 2.50. The molecule has 0 unspecified atom stereocenters. The molecule has 0 fully saturated rings. The summed E-state index contributed by atoms with van der Waals surface area (Å²) in [6, 6.07) is 9.00. The molecule has 0 saturated carbocycles. The molecule has 2 N–H and O–H groups in total. The number of aliphatic carboxylic acids is 1. The second-order valence-corrected chi connectivity index (χ2v) is 5.77. The normalized spacial score (nSPS) is 11.1. The zero-order valence-corrected chi connectivity index (χ0v) is 14.0. The van der Waals surface area contributed by atoms with Crippen molar-refractivity contribution in [3.63, 3.8) is 0 Å². The summed E-state index contributed by atoms with van der Waals surface area (Å²) >= 11 is 3.34. The van der Waals surface area contributed by atoms with E-state index in [0.29, 0.717) is 11.3 Å². The van der Waals surface area contributed by atoms with Gasteiger partial charge in [0.25, 0.3) is 5.91 Å². The number of hydrogen-bond acceptors (Lipinski definition) is 5. The van der Waals surface area contributed by atoms with Gasteiger partial charge < -0.3 is 15.6 Å². The number of carboxylic acid groups (broad SMARTS) is 1. The summed E-state index contributed by atoms with van der Waals surface area (Å²) in [5.74, 6) is -2.04. The molecular formula is C16H12BrN4O3-. The number of benzene rings is 1. The van der Waals surface area contributed by atoms with Crippen molar-refractivity contribution in [1.82, 2.24) is 9.78 Å². The highest BCUT2D eigenvalue weighted by atomic mass is 79.9. The largest absolute Gasteiger partial charge is 0.550 e. The molecule has 1 aromatic carbocycles. The van der Waals surface area contributed by atoms with Crippen LogP contribution >= 0.6 is 15.9 Å². The number of halogens is 1. The van der Waals surface area contributed by atoms with Crippen LogP contribution in [0.1, 0.15) is 12.0 Å². The first-order valence-electron chi connectivity index (χ1n) is 6.85. The molecule has 1 amide bonds. The quantitative estimate of drug-likeness (QED) is 0.580. The Labute approximate surface area is 146 Å². The Morgan fingerprint density at radius 2 is 2.04 bits per heavy atom. The fourth-order valence-corrected chi connectivity index (χ4v) is 2.27. The molecular weight excluding hydrogens is 376 g/mol. The SMILES string of the molecule is N#C/C(=C/c1cn(CCC(=O)[O-])nc1-c1ccc(Br)cc1)C(N)=O. The summed E-state index contributed by atoms with van der Waals surface area (Å²) in [6.45, 7) is 0.109. The van der Waals surface area contributed by atoms with Gasteiger partial charge in [-0.1, -0.05) is 28.1 Å². The minimum absolute atomic E-state index is 0.109. The van der Waals surface area contributed by atoms with E-state index in [1.807, 2.05) is 24.3 Å². The molecule has 1 aromatic heterocycles. The van der Waals surface area contributed by atoms with Crippen molar-refractivity contribution < 1.29 is 14.7 Å². The molecule has 0 saturated heterocycles. The minimum Gasteiger partial charge on any atom is -0.550 e. The van der Waals surface area contributed by atoms with E-state index in [2.05, 4.69) is 21.0 Å². The Morgan fingerprint density at radius 3 is 2.58 bits per heavy atom. The van der Waals surface area contributed by atoms with Gasteiger partial charge in [0.15, 0.2) is 0 Å². The van der Waals surface area contributed by atoms with Gasteiger partial charge in [-0.15, -0.1) is 0 Å². The number of nitrogens with zero attached hydrogens (tertiary/aromatic N) is 3. The molecule has 0 aliphatic rings. The number of carbonyl (C=O) groups excluding carboxylic acids is 2. The van der Waals surface area contributed by atoms with Gasteiger partial charge >= 0.3 is 0 Å². The van der Waals surface area contributed by atoms with E-state index in [-0.39, 0.29) is 18.5 Å². The first-order chi connectivity index (χ1) is 11.4. The lowest BCUT2D eigenvalue weighted by Crippen LogP contribution is -2.23. The third kappa shape index (κ3) is 4.30. The molecule has 122 valence electrons. The fraction of sp³-hybridized carbons (Fsp3) is 0.125. The van der Waals surface area contributed by atoms with Gasteiger partial charge in [-0.05, 0) is 18.2 Å². The van der Waals surface area contributed by atoms with Gasteiger partial charge in [0.1, 0.15) is 11.6 Å². The Bertz CT molecular complexity index is 847. The van der Waals surface area contributed by atoms with Gasteiger partial charge in [0.2, 0.25) is 0 Å². The lowest BCUT2D eigenvalue weighted by atomic mass is 10.1. The van der Waals surface area contributed by atoms with E-state index in [1.165, 1.54) is 10.8 Å². The number of amides is 1. The number of carboxylic acids is 1. The van der Waals surface area contributed by atoms with Crippen LogP contribution in [0.2, 0.25) is 0 Å². The highest BCUT2D eigenvalue weighted by Crippen LogP contribution is 2.26. The molecule has 7 nitrogen and oxygen atoms in total. The van der Waals surface area contributed by atoms with Crippen LogP contribution in [0.15, 0.2) is 40.5 Å². The molecule has 0 atom stereocenters. The highest BCUT2D eigenvalue weighted by molar-refractivity contribution is 9.10. The van der Waals surface area contributed by atoms with Crippen molar-refractivity contribution in [1.29, 1.82) is 5.26 Å². The lowest BCUT2D eigenvalue weighted by Gasteiger charge is -2.02. The smallest absolute Gasteiger partial charge is 0.259 e. The summed E-state index contributed by atoms with van der Waals surface area (Å²) in [4.78, 5) is 21.9. The lowest BCUT2D eigenvalue weighted by molar-refractivity contribution is -0.306. The first-order valence-corrected chi connectivity index (χ1v) is 7.65. The standard InChI is InChI=1S/C16H13BrN4O3/c17-13-3-1-10(2-4-13)15-12(7-11(8-18)16(19)24)9-21(20-15)6-5-14(22)23/h1-4,7,9H,5-6H2,(H2,19,24)(H,22,23)/p-1/b11-7-. The fourth-order valence-electron chi connectivity index (χ4n) is 2.01. The molecule has 0 bridgehead atoms. The maximum Gasteiger partial charge on any atom is 0.259 e. The highest BCUT2D eigenvalue weighted by Gasteiger charge is 2.13. The molecule has 2 rings (SSSR count). The maximum atomic E-state index is 11.3. The second kappa shape index (κ2) is 7.57. The number of aromatic nitrogens is 2. The number of carbonyl (C=O) groups is 2. The van der Waals surface area contributed by atoms with E-state index in [0.717, 1.165) is 10.0 Å². The van der Waals surface area contributed by atoms with Crippen molar-refractivity contribution in [3.05, 3.63) is 46.1 Å². The number of nitriles is 1. The van der Waals surface area contributed by atoms with Gasteiger partial charge in [0.05, 0.1) is 5.69 Å². The molecule has 1 heterocycles. The molecule has 0 aliphatic heterocycles. The van der Waals surface area contributed by atoms with Crippen LogP contribution in [0, 0.1) is 11.3 Å². The average molecular weight is 388 g/mol. The van der Waals surface area contributed by atoms with E-state index < -0.39 is 11.9 Å². The van der Waals surface area contributed by atoms with Gasteiger partial charge in [-0.25, -0.2) is 0 Å². The topological polar surface area (TPSA) is 125 Å². The number of rotatable bonds is 6. The van der Waals surface area contributed by atoms with Crippen LogP contribution in [0.25, 0.3) is 17.3 Å². The van der Waals surface area contributed by atoms with E-state index in [4.69, 9.17) is 11.0 Å². The molecule has 2 aromatic rings. The molecule has 0 spiro atoms. The van der Waals surface area contributed by atoms with E-state index in [1.54, 1.807) is 12.3 Å². The summed E-state index contributed by atoms with van der Waals surface area (Å²) in [5, 5.41) is 23.9. The minimum atomic E-state index is -1.19. The van der Waals surface area contributed by atoms with Crippen molar-refractivity contribution >= 4 is 33.9 Å². The predicted octanol–water partition coefficient (Wildman–Crippen LogP) is 0.845. The van der Waals surface area contributed by atoms with Crippen LogP contribution in [0.5, 0.6) is 0 Å². The average Bonchev–Trinajstić information content (AvgIpc) is 2.94. The third-order valence-electron chi connectivity index (χ3n) is 3.14. The molecule has 8 heteroatoms. The maximum absolute atomic E-state index is 11.3. The first kappa shape index (κ1) is 17.4. The van der Waals surface area contributed by atoms with Crippen LogP contribution < -0.4 is 10.8 Å². The second-order valence-electron chi connectivity index (χ2n) is 4.86. The van der Waals surface area contributed by atoms with Crippen LogP contribution in [-0.2, 0) is 16.1 Å². The molecule has 24 heavy (non-hydrogen) atoms. The van der Waals surface area contributed by atoms with Crippen molar-refractivity contribution in [2.45, 2.75) is 13.0 Å². The Kier molecular flexibility index (Phi) is 5.50. The third-order valence-corrected chi connectivity index (χ3v) is 3.67. The van der Waals surface area contributed by atoms with Gasteiger partial charge in [-0.2, -0.15) is 10.4 Å². The van der Waals surface area contributed by atoms with E-state index in [9.17, 15) is 14.7 Å². The van der Waals surface area contributed by atoms with Crippen LogP contribution in [0.4, 0.5) is 0 Å². The number of aryl methyl sites for hydroxylation is 1. The van der Waals surface area contributed by atoms with E-state index >= 15 is 0 Å². The summed E-state index contributed by atoms with van der Waals surface area (Å²) in [5.41, 5.74) is 6.69. The van der Waals surface area contributed by atoms with Crippen LogP contribution in [-0.4, -0.2) is 21.7 Å². The van der Waals surface area contributed by atoms with Crippen LogP contribution in [0.3, 0.4) is 0 Å². The summed E-state index contributed by atoms with van der Waals surface area (Å²) in [7, 11) is 0. The van der Waals surface area contributed by atoms with Gasteiger partial charge in [-0.3, -0.25) is 9.48 Å².